The van der Waals surface area contributed by atoms with E-state index in [4.69, 9.17) is 9.84 Å². The lowest BCUT2D eigenvalue weighted by molar-refractivity contribution is 0.191. The second-order valence-corrected chi connectivity index (χ2v) is 2.12. The maximum absolute atomic E-state index is 8.40. The first kappa shape index (κ1) is 7.94. The van der Waals surface area contributed by atoms with Gasteiger partial charge in [-0.15, -0.1) is 0 Å². The van der Waals surface area contributed by atoms with Gasteiger partial charge in [-0.1, -0.05) is 0 Å². The Kier molecular flexibility index (Phi) is 2.80. The van der Waals surface area contributed by atoms with Gasteiger partial charge < -0.3 is 9.84 Å². The zero-order valence-electron chi connectivity index (χ0n) is 6.32. The largest absolute Gasteiger partial charge is 0.461 e. The SMILES string of the molecule is Cc1cnc(OCCO)nc1. The highest BCUT2D eigenvalue weighted by molar-refractivity contribution is 5.04. The lowest BCUT2D eigenvalue weighted by Crippen LogP contribution is -2.04. The second kappa shape index (κ2) is 3.88. The minimum absolute atomic E-state index is 0.0166. The van der Waals surface area contributed by atoms with E-state index in [9.17, 15) is 0 Å². The highest BCUT2D eigenvalue weighted by atomic mass is 16.5. The van der Waals surface area contributed by atoms with E-state index in [0.717, 1.165) is 5.56 Å². The van der Waals surface area contributed by atoms with Gasteiger partial charge in [-0.05, 0) is 12.5 Å². The topological polar surface area (TPSA) is 55.2 Å². The van der Waals surface area contributed by atoms with Gasteiger partial charge in [0, 0.05) is 12.4 Å². The summed E-state index contributed by atoms with van der Waals surface area (Å²) in [4.78, 5) is 7.74. The first-order valence-corrected chi connectivity index (χ1v) is 3.35. The Morgan fingerprint density at radius 2 is 2.09 bits per heavy atom. The van der Waals surface area contributed by atoms with Crippen LogP contribution >= 0.6 is 0 Å². The molecule has 4 heteroatoms. The Balaban J connectivity index is 2.52. The minimum Gasteiger partial charge on any atom is -0.461 e. The fourth-order valence-corrected chi connectivity index (χ4v) is 0.592. The predicted molar refractivity (Wildman–Crippen MR) is 39.3 cm³/mol. The van der Waals surface area contributed by atoms with Crippen LogP contribution in [0.25, 0.3) is 0 Å². The molecule has 4 nitrogen and oxygen atoms in total. The minimum atomic E-state index is -0.0166. The molecule has 0 aliphatic rings. The van der Waals surface area contributed by atoms with E-state index in [2.05, 4.69) is 9.97 Å². The lowest BCUT2D eigenvalue weighted by atomic mass is 10.4. The Morgan fingerprint density at radius 1 is 1.45 bits per heavy atom. The number of hydrogen-bond acceptors (Lipinski definition) is 4. The van der Waals surface area contributed by atoms with Crippen molar-refractivity contribution in [1.29, 1.82) is 0 Å². The number of nitrogens with zero attached hydrogens (tertiary/aromatic N) is 2. The molecular weight excluding hydrogens is 144 g/mol. The number of ether oxygens (including phenoxy) is 1. The Hall–Kier alpha value is -1.16. The van der Waals surface area contributed by atoms with Crippen molar-refractivity contribution < 1.29 is 9.84 Å². The van der Waals surface area contributed by atoms with Crippen LogP contribution in [0.3, 0.4) is 0 Å². The third kappa shape index (κ3) is 2.51. The van der Waals surface area contributed by atoms with E-state index in [1.807, 2.05) is 6.92 Å². The van der Waals surface area contributed by atoms with Crippen molar-refractivity contribution in [2.45, 2.75) is 6.92 Å². The quantitative estimate of drug-likeness (QED) is 0.673. The van der Waals surface area contributed by atoms with Gasteiger partial charge in [-0.3, -0.25) is 0 Å². The summed E-state index contributed by atoms with van der Waals surface area (Å²) in [6.45, 7) is 2.12. The summed E-state index contributed by atoms with van der Waals surface area (Å²) in [5, 5.41) is 8.40. The summed E-state index contributed by atoms with van der Waals surface area (Å²) >= 11 is 0. The van der Waals surface area contributed by atoms with Crippen LogP contribution in [0.15, 0.2) is 12.4 Å². The van der Waals surface area contributed by atoms with Crippen LogP contribution in [-0.4, -0.2) is 28.3 Å². The predicted octanol–water partition coefficient (Wildman–Crippen LogP) is 0.156. The van der Waals surface area contributed by atoms with Crippen molar-refractivity contribution in [2.75, 3.05) is 13.2 Å². The number of aromatic nitrogens is 2. The smallest absolute Gasteiger partial charge is 0.316 e. The normalized spacial score (nSPS) is 9.64. The average molecular weight is 154 g/mol. The van der Waals surface area contributed by atoms with E-state index >= 15 is 0 Å². The van der Waals surface area contributed by atoms with Crippen LogP contribution in [0, 0.1) is 6.92 Å². The number of hydrogen-bond donors (Lipinski definition) is 1. The molecule has 1 aromatic rings. The highest BCUT2D eigenvalue weighted by Crippen LogP contribution is 1.99. The third-order valence-electron chi connectivity index (χ3n) is 1.08. The first-order chi connectivity index (χ1) is 5.33. The number of aryl methyl sites for hydroxylation is 1. The molecule has 1 rings (SSSR count). The van der Waals surface area contributed by atoms with Crippen molar-refractivity contribution in [3.63, 3.8) is 0 Å². The summed E-state index contributed by atoms with van der Waals surface area (Å²) in [6, 6.07) is 0.310. The van der Waals surface area contributed by atoms with Gasteiger partial charge in [0.15, 0.2) is 0 Å². The fraction of sp³-hybridized carbons (Fsp3) is 0.429. The molecule has 0 radical (unpaired) electrons. The monoisotopic (exact) mass is 154 g/mol. The van der Waals surface area contributed by atoms with Crippen molar-refractivity contribution >= 4 is 0 Å². The van der Waals surface area contributed by atoms with Gasteiger partial charge in [0.1, 0.15) is 6.61 Å². The molecule has 0 fully saturated rings. The maximum Gasteiger partial charge on any atom is 0.316 e. The molecule has 1 heterocycles. The van der Waals surface area contributed by atoms with Crippen molar-refractivity contribution in [1.82, 2.24) is 9.97 Å². The van der Waals surface area contributed by atoms with Crippen LogP contribution in [-0.2, 0) is 0 Å². The molecule has 0 aromatic carbocycles. The van der Waals surface area contributed by atoms with Crippen LogP contribution in [0.5, 0.6) is 6.01 Å². The molecular formula is C7H10N2O2. The maximum atomic E-state index is 8.40. The summed E-state index contributed by atoms with van der Waals surface area (Å²) in [7, 11) is 0. The molecule has 0 saturated heterocycles. The zero-order chi connectivity index (χ0) is 8.10. The molecule has 0 unspecified atom stereocenters. The summed E-state index contributed by atoms with van der Waals surface area (Å²) in [5.41, 5.74) is 0.987. The lowest BCUT2D eigenvalue weighted by Gasteiger charge is -2.00. The Labute approximate surface area is 64.9 Å². The van der Waals surface area contributed by atoms with Crippen molar-refractivity contribution in [3.05, 3.63) is 18.0 Å². The van der Waals surface area contributed by atoms with Gasteiger partial charge in [-0.25, -0.2) is 9.97 Å². The molecule has 1 aromatic heterocycles. The second-order valence-electron chi connectivity index (χ2n) is 2.12. The third-order valence-corrected chi connectivity index (χ3v) is 1.08. The van der Waals surface area contributed by atoms with Crippen molar-refractivity contribution in [3.8, 4) is 6.01 Å². The molecule has 1 N–H and O–H groups in total. The fourth-order valence-electron chi connectivity index (χ4n) is 0.592. The molecule has 0 saturated carbocycles. The van der Waals surface area contributed by atoms with Gasteiger partial charge in [0.05, 0.1) is 6.61 Å². The standard InChI is InChI=1S/C7H10N2O2/c1-6-4-8-7(9-5-6)11-3-2-10/h4-5,10H,2-3H2,1H3. The molecule has 0 aliphatic carbocycles. The molecule has 0 bridgehead atoms. The van der Waals surface area contributed by atoms with Gasteiger partial charge in [0.2, 0.25) is 0 Å². The number of aliphatic hydroxyl groups excluding tert-OH is 1. The number of rotatable bonds is 3. The summed E-state index contributed by atoms with van der Waals surface area (Å²) < 4.78 is 4.94. The molecule has 60 valence electrons. The van der Waals surface area contributed by atoms with E-state index in [0.29, 0.717) is 6.01 Å². The highest BCUT2D eigenvalue weighted by Gasteiger charge is 1.93. The van der Waals surface area contributed by atoms with E-state index in [-0.39, 0.29) is 13.2 Å². The van der Waals surface area contributed by atoms with Crippen LogP contribution < -0.4 is 4.74 Å². The molecule has 0 aliphatic heterocycles. The number of aliphatic hydroxyl groups is 1. The van der Waals surface area contributed by atoms with E-state index in [1.165, 1.54) is 0 Å². The van der Waals surface area contributed by atoms with E-state index in [1.54, 1.807) is 12.4 Å². The van der Waals surface area contributed by atoms with Crippen LogP contribution in [0.2, 0.25) is 0 Å². The molecule has 11 heavy (non-hydrogen) atoms. The first-order valence-electron chi connectivity index (χ1n) is 3.35. The van der Waals surface area contributed by atoms with Crippen LogP contribution in [0.4, 0.5) is 0 Å². The van der Waals surface area contributed by atoms with Crippen LogP contribution in [0.1, 0.15) is 5.56 Å². The van der Waals surface area contributed by atoms with Gasteiger partial charge in [-0.2, -0.15) is 0 Å². The molecule has 0 atom stereocenters. The summed E-state index contributed by atoms with van der Waals surface area (Å²) in [6.07, 6.45) is 3.33. The van der Waals surface area contributed by atoms with Gasteiger partial charge >= 0.3 is 6.01 Å². The Bertz CT molecular complexity index is 210. The van der Waals surface area contributed by atoms with Gasteiger partial charge in [0.25, 0.3) is 0 Å². The average Bonchev–Trinajstić information content (AvgIpc) is 2.04. The molecule has 0 amide bonds. The Morgan fingerprint density at radius 3 is 2.64 bits per heavy atom. The molecule has 0 spiro atoms. The van der Waals surface area contributed by atoms with Crippen molar-refractivity contribution in [2.24, 2.45) is 0 Å². The van der Waals surface area contributed by atoms with E-state index < -0.39 is 0 Å². The zero-order valence-corrected chi connectivity index (χ0v) is 6.32. The summed E-state index contributed by atoms with van der Waals surface area (Å²) in [5.74, 6) is 0.